The van der Waals surface area contributed by atoms with Crippen molar-refractivity contribution in [3.63, 3.8) is 0 Å². The lowest BCUT2D eigenvalue weighted by Crippen LogP contribution is -2.32. The van der Waals surface area contributed by atoms with Gasteiger partial charge in [0.15, 0.2) is 5.13 Å². The van der Waals surface area contributed by atoms with Crippen molar-refractivity contribution in [2.24, 2.45) is 0 Å². The summed E-state index contributed by atoms with van der Waals surface area (Å²) < 4.78 is 8.42. The summed E-state index contributed by atoms with van der Waals surface area (Å²) in [5, 5.41) is 11.9. The topological polar surface area (TPSA) is 103 Å². The van der Waals surface area contributed by atoms with Crippen LogP contribution in [0.2, 0.25) is 0 Å². The van der Waals surface area contributed by atoms with Gasteiger partial charge in [-0.05, 0) is 44.5 Å². The van der Waals surface area contributed by atoms with Gasteiger partial charge in [-0.3, -0.25) is 19.8 Å². The van der Waals surface area contributed by atoms with Crippen LogP contribution < -0.4 is 9.64 Å². The number of imidazole rings is 1. The number of nitro benzene ring substituents is 1. The van der Waals surface area contributed by atoms with Crippen LogP contribution >= 0.6 is 11.3 Å². The van der Waals surface area contributed by atoms with Crippen LogP contribution in [0.15, 0.2) is 55.1 Å². The van der Waals surface area contributed by atoms with E-state index in [-0.39, 0.29) is 17.2 Å². The molecule has 2 aromatic carbocycles. The van der Waals surface area contributed by atoms with Gasteiger partial charge in [-0.15, -0.1) is 0 Å². The van der Waals surface area contributed by atoms with Crippen molar-refractivity contribution in [2.75, 3.05) is 18.1 Å². The molecule has 0 fully saturated rings. The number of nitro groups is 1. The number of nitrogens with zero attached hydrogens (tertiary/aromatic N) is 5. The van der Waals surface area contributed by atoms with Gasteiger partial charge in [-0.25, -0.2) is 9.97 Å². The van der Waals surface area contributed by atoms with Crippen molar-refractivity contribution < 1.29 is 14.5 Å². The maximum atomic E-state index is 13.5. The Bertz CT molecular complexity index is 1290. The first-order valence-electron chi connectivity index (χ1n) is 10.5. The zero-order valence-corrected chi connectivity index (χ0v) is 19.1. The maximum Gasteiger partial charge on any atom is 0.273 e. The number of benzene rings is 2. The molecule has 4 aromatic rings. The molecule has 1 amide bonds. The monoisotopic (exact) mass is 465 g/mol. The fourth-order valence-electron chi connectivity index (χ4n) is 3.47. The van der Waals surface area contributed by atoms with Gasteiger partial charge < -0.3 is 9.30 Å². The predicted molar refractivity (Wildman–Crippen MR) is 127 cm³/mol. The summed E-state index contributed by atoms with van der Waals surface area (Å²) in [4.78, 5) is 34.7. The Morgan fingerprint density at radius 3 is 2.85 bits per heavy atom. The number of carbonyl (C=O) groups is 1. The third-order valence-corrected chi connectivity index (χ3v) is 6.19. The zero-order valence-electron chi connectivity index (χ0n) is 18.3. The lowest BCUT2D eigenvalue weighted by atomic mass is 10.1. The van der Waals surface area contributed by atoms with Crippen LogP contribution in [0.5, 0.6) is 5.75 Å². The Labute approximate surface area is 194 Å². The largest absolute Gasteiger partial charge is 0.494 e. The summed E-state index contributed by atoms with van der Waals surface area (Å²) in [6.45, 7) is 5.21. The van der Waals surface area contributed by atoms with Gasteiger partial charge in [0.1, 0.15) is 5.75 Å². The van der Waals surface area contributed by atoms with Crippen LogP contribution in [0.3, 0.4) is 0 Å². The molecular formula is C23H23N5O4S. The van der Waals surface area contributed by atoms with Crippen molar-refractivity contribution in [2.45, 2.75) is 26.8 Å². The van der Waals surface area contributed by atoms with Crippen molar-refractivity contribution in [3.8, 4) is 5.75 Å². The van der Waals surface area contributed by atoms with Crippen LogP contribution in [-0.2, 0) is 6.54 Å². The molecule has 0 N–H and O–H groups in total. The highest BCUT2D eigenvalue weighted by Crippen LogP contribution is 2.33. The Kier molecular flexibility index (Phi) is 6.64. The average molecular weight is 466 g/mol. The van der Waals surface area contributed by atoms with Crippen LogP contribution in [0.1, 0.15) is 29.3 Å². The summed E-state index contributed by atoms with van der Waals surface area (Å²) in [5.41, 5.74) is 1.45. The van der Waals surface area contributed by atoms with E-state index in [9.17, 15) is 14.9 Å². The standard InChI is InChI=1S/C23H23N5O4S/c1-3-32-18-7-8-19-21(14-18)33-23(25-19)27(11-4-10-26-12-9-24-15-26)22(29)17-6-5-16(2)20(13-17)28(30)31/h5-9,12-15H,3-4,10-11H2,1-2H3. The second kappa shape index (κ2) is 9.78. The van der Waals surface area contributed by atoms with Gasteiger partial charge in [0.2, 0.25) is 0 Å². The first kappa shape index (κ1) is 22.4. The van der Waals surface area contributed by atoms with Crippen molar-refractivity contribution in [1.29, 1.82) is 0 Å². The number of carbonyl (C=O) groups excluding carboxylic acids is 1. The van der Waals surface area contributed by atoms with Crippen LogP contribution in [0.4, 0.5) is 10.8 Å². The fourth-order valence-corrected chi connectivity index (χ4v) is 4.49. The number of aryl methyl sites for hydroxylation is 2. The van der Waals surface area contributed by atoms with E-state index >= 15 is 0 Å². The third kappa shape index (κ3) is 5.01. The molecule has 0 radical (unpaired) electrons. The highest BCUT2D eigenvalue weighted by molar-refractivity contribution is 7.22. The van der Waals surface area contributed by atoms with E-state index in [1.807, 2.05) is 35.9 Å². The predicted octanol–water partition coefficient (Wildman–Crippen LogP) is 4.85. The first-order valence-corrected chi connectivity index (χ1v) is 11.3. The second-order valence-corrected chi connectivity index (χ2v) is 8.44. The number of ether oxygens (including phenoxy) is 1. The average Bonchev–Trinajstić information content (AvgIpc) is 3.46. The summed E-state index contributed by atoms with van der Waals surface area (Å²) in [5.74, 6) is 0.417. The molecule has 0 saturated heterocycles. The Balaban J connectivity index is 1.67. The molecule has 0 spiro atoms. The molecular weight excluding hydrogens is 442 g/mol. The van der Waals surface area contributed by atoms with Crippen LogP contribution in [0, 0.1) is 17.0 Å². The van der Waals surface area contributed by atoms with Crippen molar-refractivity contribution in [3.05, 3.63) is 76.4 Å². The molecule has 0 unspecified atom stereocenters. The minimum Gasteiger partial charge on any atom is -0.494 e. The highest BCUT2D eigenvalue weighted by atomic mass is 32.1. The number of hydrogen-bond acceptors (Lipinski definition) is 7. The Morgan fingerprint density at radius 1 is 1.27 bits per heavy atom. The Morgan fingerprint density at radius 2 is 2.12 bits per heavy atom. The quantitative estimate of drug-likeness (QED) is 0.259. The lowest BCUT2D eigenvalue weighted by Gasteiger charge is -2.20. The third-order valence-electron chi connectivity index (χ3n) is 5.15. The van der Waals surface area contributed by atoms with E-state index in [1.54, 1.807) is 36.5 Å². The molecule has 10 heteroatoms. The SMILES string of the molecule is CCOc1ccc2nc(N(CCCn3ccnc3)C(=O)c3ccc(C)c([N+](=O)[O-])c3)sc2c1. The number of hydrogen-bond donors (Lipinski definition) is 0. The summed E-state index contributed by atoms with van der Waals surface area (Å²) in [6.07, 6.45) is 5.96. The van der Waals surface area contributed by atoms with Crippen molar-refractivity contribution >= 4 is 38.3 Å². The van der Waals surface area contributed by atoms with Gasteiger partial charge in [-0.1, -0.05) is 17.4 Å². The molecule has 170 valence electrons. The zero-order chi connectivity index (χ0) is 23.4. The Hall–Kier alpha value is -3.79. The number of anilines is 1. The molecule has 0 aliphatic carbocycles. The fraction of sp³-hybridized carbons (Fsp3) is 0.261. The summed E-state index contributed by atoms with van der Waals surface area (Å²) >= 11 is 1.39. The van der Waals surface area contributed by atoms with Gasteiger partial charge in [0, 0.05) is 42.7 Å². The minimum absolute atomic E-state index is 0.0788. The number of thiazole rings is 1. The van der Waals surface area contributed by atoms with E-state index < -0.39 is 4.92 Å². The molecule has 0 aliphatic heterocycles. The van der Waals surface area contributed by atoms with E-state index in [0.717, 1.165) is 16.0 Å². The number of aromatic nitrogens is 3. The molecule has 2 heterocycles. The summed E-state index contributed by atoms with van der Waals surface area (Å²) in [6, 6.07) is 10.2. The van der Waals surface area contributed by atoms with E-state index in [4.69, 9.17) is 4.74 Å². The second-order valence-electron chi connectivity index (χ2n) is 7.43. The lowest BCUT2D eigenvalue weighted by molar-refractivity contribution is -0.385. The maximum absolute atomic E-state index is 13.5. The number of amides is 1. The van der Waals surface area contributed by atoms with Crippen molar-refractivity contribution in [1.82, 2.24) is 14.5 Å². The van der Waals surface area contributed by atoms with Gasteiger partial charge in [0.25, 0.3) is 11.6 Å². The number of rotatable bonds is 9. The van der Waals surface area contributed by atoms with Gasteiger partial charge in [0.05, 0.1) is 28.1 Å². The van der Waals surface area contributed by atoms with Crippen LogP contribution in [0.25, 0.3) is 10.2 Å². The molecule has 0 atom stereocenters. The first-order chi connectivity index (χ1) is 16.0. The molecule has 2 aromatic heterocycles. The molecule has 0 bridgehead atoms. The molecule has 9 nitrogen and oxygen atoms in total. The highest BCUT2D eigenvalue weighted by Gasteiger charge is 2.24. The van der Waals surface area contributed by atoms with E-state index in [2.05, 4.69) is 9.97 Å². The van der Waals surface area contributed by atoms with Crippen LogP contribution in [-0.4, -0.2) is 38.5 Å². The number of fused-ring (bicyclic) bond motifs is 1. The van der Waals surface area contributed by atoms with E-state index in [1.165, 1.54) is 17.4 Å². The van der Waals surface area contributed by atoms with E-state index in [0.29, 0.717) is 36.8 Å². The van der Waals surface area contributed by atoms with Gasteiger partial charge >= 0.3 is 0 Å². The molecule has 4 rings (SSSR count). The molecule has 0 saturated carbocycles. The molecule has 33 heavy (non-hydrogen) atoms. The summed E-state index contributed by atoms with van der Waals surface area (Å²) in [7, 11) is 0. The smallest absolute Gasteiger partial charge is 0.273 e. The normalized spacial score (nSPS) is 11.0. The minimum atomic E-state index is -0.470. The van der Waals surface area contributed by atoms with Gasteiger partial charge in [-0.2, -0.15) is 0 Å². The molecule has 0 aliphatic rings.